The van der Waals surface area contributed by atoms with Crippen LogP contribution in [0.3, 0.4) is 0 Å². The van der Waals surface area contributed by atoms with E-state index in [0.29, 0.717) is 22.2 Å². The Morgan fingerprint density at radius 1 is 1.23 bits per heavy atom. The smallest absolute Gasteiger partial charge is 0.219 e. The van der Waals surface area contributed by atoms with Crippen LogP contribution >= 0.6 is 0 Å². The van der Waals surface area contributed by atoms with Crippen LogP contribution in [0.25, 0.3) is 0 Å². The fourth-order valence-electron chi connectivity index (χ4n) is 5.22. The van der Waals surface area contributed by atoms with E-state index in [4.69, 9.17) is 0 Å². The highest BCUT2D eigenvalue weighted by molar-refractivity contribution is 6.90. The van der Waals surface area contributed by atoms with E-state index in [2.05, 4.69) is 58.0 Å². The number of piperidine rings is 1. The summed E-state index contributed by atoms with van der Waals surface area (Å²) in [6.07, 6.45) is 1.47. The number of pyridine rings is 1. The summed E-state index contributed by atoms with van der Waals surface area (Å²) >= 11 is 0. The molecule has 166 valence electrons. The van der Waals surface area contributed by atoms with Gasteiger partial charge in [-0.1, -0.05) is 54.4 Å². The highest BCUT2D eigenvalue weighted by Crippen LogP contribution is 2.43. The molecule has 2 heterocycles. The van der Waals surface area contributed by atoms with Crippen LogP contribution < -0.4 is 0 Å². The fourth-order valence-corrected chi connectivity index (χ4v) is 10.4. The zero-order valence-corrected chi connectivity index (χ0v) is 20.6. The van der Waals surface area contributed by atoms with Gasteiger partial charge in [0.1, 0.15) is 13.7 Å². The van der Waals surface area contributed by atoms with Crippen LogP contribution in [0.4, 0.5) is 8.78 Å². The van der Waals surface area contributed by atoms with Crippen molar-refractivity contribution in [2.45, 2.75) is 84.1 Å². The van der Waals surface area contributed by atoms with E-state index in [9.17, 15) is 9.18 Å². The number of carbonyl (C=O) groups excluding carboxylic acids is 1. The highest BCUT2D eigenvalue weighted by atomic mass is 28.3. The van der Waals surface area contributed by atoms with Gasteiger partial charge in [0.25, 0.3) is 0 Å². The number of alkyl halides is 1. The van der Waals surface area contributed by atoms with Crippen molar-refractivity contribution >= 4 is 14.0 Å². The molecule has 0 saturated carbocycles. The molecule has 1 aliphatic heterocycles. The topological polar surface area (TPSA) is 33.2 Å². The molecule has 0 bridgehead atoms. The SMILES string of the molecule is CC(=O)N1CC[C@](F)(c2cc(C#C[Si](C(C)C)(C(C)C)C(C)C)cnc2F)[C@@H](C)C1. The summed E-state index contributed by atoms with van der Waals surface area (Å²) in [5.41, 5.74) is 3.68. The normalized spacial score (nSPS) is 22.4. The standard InChI is InChI=1S/C24H36F2N2OSi/c1-16(2)30(17(3)4,18(5)6)12-9-21-13-22(23(25)27-14-21)24(26)10-11-28(20(8)29)15-19(24)7/h13-14,16-19H,10-11,15H2,1-8H3/t19-,24+/m0/s1. The van der Waals surface area contributed by atoms with E-state index in [-0.39, 0.29) is 31.0 Å². The van der Waals surface area contributed by atoms with Gasteiger partial charge in [0, 0.05) is 49.7 Å². The molecule has 30 heavy (non-hydrogen) atoms. The molecule has 1 aromatic heterocycles. The Labute approximate surface area is 181 Å². The summed E-state index contributed by atoms with van der Waals surface area (Å²) in [4.78, 5) is 17.1. The van der Waals surface area contributed by atoms with Crippen molar-refractivity contribution in [3.05, 3.63) is 29.3 Å². The quantitative estimate of drug-likeness (QED) is 0.339. The lowest BCUT2D eigenvalue weighted by Crippen LogP contribution is -2.48. The molecular weight excluding hydrogens is 398 g/mol. The number of carbonyl (C=O) groups is 1. The van der Waals surface area contributed by atoms with E-state index >= 15 is 4.39 Å². The predicted octanol–water partition coefficient (Wildman–Crippen LogP) is 5.84. The van der Waals surface area contributed by atoms with Crippen molar-refractivity contribution < 1.29 is 13.6 Å². The summed E-state index contributed by atoms with van der Waals surface area (Å²) in [5, 5.41) is 0. The first-order chi connectivity index (χ1) is 13.9. The van der Waals surface area contributed by atoms with Crippen molar-refractivity contribution in [3.8, 4) is 11.5 Å². The Morgan fingerprint density at radius 3 is 2.27 bits per heavy atom. The zero-order chi connectivity index (χ0) is 22.9. The van der Waals surface area contributed by atoms with Gasteiger partial charge in [0.05, 0.1) is 0 Å². The first kappa shape index (κ1) is 24.5. The number of halogens is 2. The molecule has 0 aromatic carbocycles. The monoisotopic (exact) mass is 434 g/mol. The maximum Gasteiger partial charge on any atom is 0.219 e. The lowest BCUT2D eigenvalue weighted by Gasteiger charge is -2.41. The van der Waals surface area contributed by atoms with E-state index in [1.54, 1.807) is 11.8 Å². The Bertz CT molecular complexity index is 822. The molecule has 1 fully saturated rings. The summed E-state index contributed by atoms with van der Waals surface area (Å²) < 4.78 is 30.6. The highest BCUT2D eigenvalue weighted by Gasteiger charge is 2.45. The Morgan fingerprint density at radius 2 is 1.80 bits per heavy atom. The van der Waals surface area contributed by atoms with Crippen LogP contribution in [-0.4, -0.2) is 37.0 Å². The molecule has 0 N–H and O–H groups in total. The van der Waals surface area contributed by atoms with Gasteiger partial charge < -0.3 is 4.90 Å². The van der Waals surface area contributed by atoms with E-state index in [1.165, 1.54) is 19.2 Å². The molecule has 0 unspecified atom stereocenters. The average Bonchev–Trinajstić information content (AvgIpc) is 2.64. The summed E-state index contributed by atoms with van der Waals surface area (Å²) in [5.74, 6) is 1.85. The molecule has 2 atom stereocenters. The molecular formula is C24H36F2N2OSi. The number of aromatic nitrogens is 1. The molecule has 6 heteroatoms. The van der Waals surface area contributed by atoms with Gasteiger partial charge >= 0.3 is 0 Å². The fraction of sp³-hybridized carbons (Fsp3) is 0.667. The molecule has 2 rings (SSSR count). The van der Waals surface area contributed by atoms with E-state index in [0.717, 1.165) is 0 Å². The second-order valence-corrected chi connectivity index (χ2v) is 15.3. The van der Waals surface area contributed by atoms with Crippen LogP contribution in [0.1, 0.15) is 72.9 Å². The van der Waals surface area contributed by atoms with Crippen LogP contribution in [0.15, 0.2) is 12.3 Å². The molecule has 1 saturated heterocycles. The van der Waals surface area contributed by atoms with Gasteiger partial charge in [0.2, 0.25) is 11.9 Å². The summed E-state index contributed by atoms with van der Waals surface area (Å²) in [6.45, 7) is 17.1. The minimum absolute atomic E-state index is 0.0316. The second kappa shape index (κ2) is 9.17. The first-order valence-electron chi connectivity index (χ1n) is 11.0. The first-order valence-corrected chi connectivity index (χ1v) is 13.2. The maximum absolute atomic E-state index is 16.0. The Kier molecular flexibility index (Phi) is 7.50. The number of hydrogen-bond donors (Lipinski definition) is 0. The number of amides is 1. The summed E-state index contributed by atoms with van der Waals surface area (Å²) in [6, 6.07) is 1.54. The zero-order valence-electron chi connectivity index (χ0n) is 19.6. The molecule has 1 amide bonds. The largest absolute Gasteiger partial charge is 0.342 e. The average molecular weight is 435 g/mol. The van der Waals surface area contributed by atoms with Gasteiger partial charge in [0.15, 0.2) is 0 Å². The van der Waals surface area contributed by atoms with Gasteiger partial charge in [-0.15, -0.1) is 5.54 Å². The molecule has 1 aliphatic rings. The van der Waals surface area contributed by atoms with E-state index in [1.807, 2.05) is 0 Å². The van der Waals surface area contributed by atoms with Gasteiger partial charge in [-0.2, -0.15) is 4.39 Å². The van der Waals surface area contributed by atoms with Gasteiger partial charge in [-0.3, -0.25) is 4.79 Å². The number of nitrogens with zero attached hydrogens (tertiary/aromatic N) is 2. The van der Waals surface area contributed by atoms with Crippen molar-refractivity contribution in [2.75, 3.05) is 13.1 Å². The molecule has 0 aliphatic carbocycles. The third-order valence-electron chi connectivity index (χ3n) is 7.04. The van der Waals surface area contributed by atoms with Crippen molar-refractivity contribution in [1.29, 1.82) is 0 Å². The van der Waals surface area contributed by atoms with Crippen LogP contribution in [0.5, 0.6) is 0 Å². The van der Waals surface area contributed by atoms with Crippen LogP contribution in [0.2, 0.25) is 16.6 Å². The Balaban J connectivity index is 2.46. The molecule has 1 aromatic rings. The third-order valence-corrected chi connectivity index (χ3v) is 13.3. The Hall–Kier alpha value is -1.74. The third kappa shape index (κ3) is 4.46. The van der Waals surface area contributed by atoms with Crippen molar-refractivity contribution in [1.82, 2.24) is 9.88 Å². The van der Waals surface area contributed by atoms with E-state index < -0.39 is 25.6 Å². The van der Waals surface area contributed by atoms with Crippen LogP contribution in [0, 0.1) is 23.3 Å². The number of hydrogen-bond acceptors (Lipinski definition) is 2. The maximum atomic E-state index is 16.0. The van der Waals surface area contributed by atoms with Crippen LogP contribution in [-0.2, 0) is 10.5 Å². The van der Waals surface area contributed by atoms with Crippen molar-refractivity contribution in [2.24, 2.45) is 5.92 Å². The van der Waals surface area contributed by atoms with Gasteiger partial charge in [-0.25, -0.2) is 9.37 Å². The minimum atomic E-state index is -1.96. The molecule has 0 spiro atoms. The minimum Gasteiger partial charge on any atom is -0.342 e. The second-order valence-electron chi connectivity index (χ2n) is 9.69. The van der Waals surface area contributed by atoms with Crippen molar-refractivity contribution in [3.63, 3.8) is 0 Å². The number of rotatable bonds is 4. The predicted molar refractivity (Wildman–Crippen MR) is 121 cm³/mol. The lowest BCUT2D eigenvalue weighted by molar-refractivity contribution is -0.133. The lowest BCUT2D eigenvalue weighted by atomic mass is 9.78. The number of likely N-dealkylation sites (tertiary alicyclic amines) is 1. The molecule has 0 radical (unpaired) electrons. The molecule has 3 nitrogen and oxygen atoms in total. The summed E-state index contributed by atoms with van der Waals surface area (Å²) in [7, 11) is -1.96. The van der Waals surface area contributed by atoms with Gasteiger partial charge in [-0.05, 0) is 22.7 Å².